The normalized spacial score (nSPS) is 10.6. The Morgan fingerprint density at radius 2 is 0.985 bits per heavy atom. The number of nitrogens with zero attached hydrogens (tertiary/aromatic N) is 4. The standard InChI is InChI=1S/C25H19Cl2N3O3.C14H12ClN.C12H10Cl2N2O2/c1-2-33-24(31)22-15-21(23-19(27)13-16(26)14-20(23)28-22)29-25(32)30(17-9-5-3-6-10-17)18-11-7-4-8-12-18;15-11-12-16(13-7-3-1-4-8-13)14-9-5-2-6-10-14;1-2-18-12(17)10-5-8(15)11-7(14)3-6(13)4-9(11)16-10/h3-15H,2H2,1H3,(H,28,29,32);1-12H;3-5H,2H2,1H3,(H2,15,16). The summed E-state index contributed by atoms with van der Waals surface area (Å²) in [6, 6.07) is 47.4. The van der Waals surface area contributed by atoms with Crippen molar-refractivity contribution in [2.45, 2.75) is 13.8 Å². The fraction of sp³-hybridized carbons (Fsp3) is 0.0784. The van der Waals surface area contributed by atoms with E-state index in [0.717, 1.165) is 11.4 Å². The van der Waals surface area contributed by atoms with Crippen molar-refractivity contribution in [1.29, 1.82) is 0 Å². The van der Waals surface area contributed by atoms with Crippen molar-refractivity contribution in [3.8, 4) is 0 Å². The fourth-order valence-corrected chi connectivity index (χ4v) is 7.87. The van der Waals surface area contributed by atoms with Crippen molar-refractivity contribution in [2.24, 2.45) is 0 Å². The Hall–Kier alpha value is -6.86. The number of ether oxygens (including phenoxy) is 2. The van der Waals surface area contributed by atoms with E-state index in [1.54, 1.807) is 38.1 Å². The van der Waals surface area contributed by atoms with E-state index in [9.17, 15) is 14.4 Å². The zero-order valence-corrected chi connectivity index (χ0v) is 39.7. The van der Waals surface area contributed by atoms with Gasteiger partial charge in [-0.1, -0.05) is 131 Å². The van der Waals surface area contributed by atoms with Gasteiger partial charge in [0, 0.05) is 49.6 Å². The minimum atomic E-state index is -0.617. The Labute approximate surface area is 412 Å². The summed E-state index contributed by atoms with van der Waals surface area (Å²) in [7, 11) is 0. The largest absolute Gasteiger partial charge is 0.461 e. The van der Waals surface area contributed by atoms with E-state index in [0.29, 0.717) is 64.6 Å². The molecular formula is C51H41Cl5N6O5. The van der Waals surface area contributed by atoms with Crippen LogP contribution in [0.4, 0.5) is 38.9 Å². The number of urea groups is 1. The van der Waals surface area contributed by atoms with E-state index in [1.165, 1.54) is 22.6 Å². The molecule has 0 aliphatic carbocycles. The van der Waals surface area contributed by atoms with Crippen molar-refractivity contribution in [1.82, 2.24) is 9.97 Å². The van der Waals surface area contributed by atoms with Gasteiger partial charge in [0.1, 0.15) is 0 Å². The van der Waals surface area contributed by atoms with Gasteiger partial charge in [-0.3, -0.25) is 4.90 Å². The maximum atomic E-state index is 13.6. The molecule has 67 heavy (non-hydrogen) atoms. The number of esters is 2. The van der Waals surface area contributed by atoms with E-state index in [1.807, 2.05) is 132 Å². The van der Waals surface area contributed by atoms with Crippen LogP contribution in [-0.4, -0.2) is 41.2 Å². The molecule has 0 saturated heterocycles. The number of amides is 2. The monoisotopic (exact) mass is 992 g/mol. The molecule has 0 atom stereocenters. The van der Waals surface area contributed by atoms with E-state index in [-0.39, 0.29) is 24.6 Å². The van der Waals surface area contributed by atoms with Crippen LogP contribution in [0, 0.1) is 0 Å². The van der Waals surface area contributed by atoms with Crippen molar-refractivity contribution < 1.29 is 23.9 Å². The number of nitrogens with one attached hydrogen (secondary N) is 1. The van der Waals surface area contributed by atoms with Gasteiger partial charge in [-0.25, -0.2) is 24.4 Å². The Morgan fingerprint density at radius 3 is 1.42 bits per heavy atom. The van der Waals surface area contributed by atoms with Crippen LogP contribution in [0.5, 0.6) is 0 Å². The number of fused-ring (bicyclic) bond motifs is 2. The minimum Gasteiger partial charge on any atom is -0.461 e. The van der Waals surface area contributed by atoms with Gasteiger partial charge < -0.3 is 25.4 Å². The summed E-state index contributed by atoms with van der Waals surface area (Å²) in [5.74, 6) is -1.14. The summed E-state index contributed by atoms with van der Waals surface area (Å²) in [6.07, 6.45) is 1.84. The van der Waals surface area contributed by atoms with Gasteiger partial charge in [-0.15, -0.1) is 0 Å². The molecule has 0 unspecified atom stereocenters. The molecule has 2 heterocycles. The molecule has 16 heteroatoms. The van der Waals surface area contributed by atoms with E-state index < -0.39 is 18.0 Å². The highest BCUT2D eigenvalue weighted by Gasteiger charge is 2.22. The highest BCUT2D eigenvalue weighted by molar-refractivity contribution is 6.40. The summed E-state index contributed by atoms with van der Waals surface area (Å²) >= 11 is 30.2. The van der Waals surface area contributed by atoms with Crippen LogP contribution in [0.3, 0.4) is 0 Å². The van der Waals surface area contributed by atoms with Crippen LogP contribution >= 0.6 is 58.0 Å². The summed E-state index contributed by atoms with van der Waals surface area (Å²) in [5.41, 5.74) is 12.6. The number of carbonyl (C=O) groups excluding carboxylic acids is 3. The number of pyridine rings is 2. The number of rotatable bonds is 10. The first kappa shape index (κ1) is 49.6. The first-order chi connectivity index (χ1) is 32.4. The third kappa shape index (κ3) is 12.9. The van der Waals surface area contributed by atoms with Gasteiger partial charge in [-0.2, -0.15) is 0 Å². The molecule has 0 fully saturated rings. The lowest BCUT2D eigenvalue weighted by Gasteiger charge is -2.24. The lowest BCUT2D eigenvalue weighted by molar-refractivity contribution is 0.0510. The van der Waals surface area contributed by atoms with Gasteiger partial charge in [0.05, 0.1) is 51.4 Å². The molecule has 2 aromatic heterocycles. The number of benzene rings is 6. The zero-order chi connectivity index (χ0) is 47.9. The highest BCUT2D eigenvalue weighted by atomic mass is 35.5. The molecule has 8 rings (SSSR count). The van der Waals surface area contributed by atoms with Gasteiger partial charge in [0.15, 0.2) is 11.4 Å². The third-order valence-corrected chi connectivity index (χ3v) is 10.5. The first-order valence-corrected chi connectivity index (χ1v) is 22.4. The maximum absolute atomic E-state index is 13.6. The smallest absolute Gasteiger partial charge is 0.357 e. The van der Waals surface area contributed by atoms with Gasteiger partial charge >= 0.3 is 18.0 Å². The zero-order valence-electron chi connectivity index (χ0n) is 35.9. The lowest BCUT2D eigenvalue weighted by Crippen LogP contribution is -2.31. The molecule has 2 amide bonds. The van der Waals surface area contributed by atoms with Crippen molar-refractivity contribution in [3.05, 3.63) is 201 Å². The molecule has 0 saturated carbocycles. The molecule has 3 N–H and O–H groups in total. The number of hydrogen-bond donors (Lipinski definition) is 2. The molecule has 8 aromatic rings. The molecule has 6 aromatic carbocycles. The Kier molecular flexibility index (Phi) is 17.8. The van der Waals surface area contributed by atoms with Gasteiger partial charge in [0.2, 0.25) is 0 Å². The van der Waals surface area contributed by atoms with Crippen LogP contribution in [0.1, 0.15) is 34.8 Å². The van der Waals surface area contributed by atoms with Crippen LogP contribution in [0.25, 0.3) is 21.8 Å². The molecule has 0 radical (unpaired) electrons. The topological polar surface area (TPSA) is 140 Å². The molecule has 11 nitrogen and oxygen atoms in total. The number of hydrogen-bond acceptors (Lipinski definition) is 9. The van der Waals surface area contributed by atoms with Crippen molar-refractivity contribution in [3.63, 3.8) is 0 Å². The number of carbonyl (C=O) groups is 3. The van der Waals surface area contributed by atoms with E-state index >= 15 is 0 Å². The number of nitrogens with two attached hydrogens (primary N) is 1. The van der Waals surface area contributed by atoms with Crippen molar-refractivity contribution >= 4 is 132 Å². The SMILES string of the molecule is CCOC(=O)c1cc(N)c2c(Cl)cc(Cl)cc2n1.CCOC(=O)c1cc(NC(=O)N(c2ccccc2)c2ccccc2)c2c(Cl)cc(Cl)cc2n1.ClC=CN(c1ccccc1)c1ccccc1. The van der Waals surface area contributed by atoms with Crippen LogP contribution in [0.2, 0.25) is 20.1 Å². The average Bonchev–Trinajstić information content (AvgIpc) is 3.32. The molecule has 0 bridgehead atoms. The predicted molar refractivity (Wildman–Crippen MR) is 274 cm³/mol. The van der Waals surface area contributed by atoms with Crippen molar-refractivity contribution in [2.75, 3.05) is 34.1 Å². The Bertz CT molecular complexity index is 2930. The van der Waals surface area contributed by atoms with Crippen LogP contribution in [0.15, 0.2) is 169 Å². The summed E-state index contributed by atoms with van der Waals surface area (Å²) in [4.78, 5) is 49.6. The van der Waals surface area contributed by atoms with Crippen LogP contribution in [-0.2, 0) is 9.47 Å². The number of nitrogen functional groups attached to an aromatic ring is 1. The van der Waals surface area contributed by atoms with E-state index in [4.69, 9.17) is 73.2 Å². The third-order valence-electron chi connectivity index (χ3n) is 9.40. The second kappa shape index (κ2) is 24.1. The highest BCUT2D eigenvalue weighted by Crippen LogP contribution is 2.35. The summed E-state index contributed by atoms with van der Waals surface area (Å²) in [5, 5.41) is 5.41. The first-order valence-electron chi connectivity index (χ1n) is 20.5. The quantitative estimate of drug-likeness (QED) is 0.128. The maximum Gasteiger partial charge on any atom is 0.357 e. The second-order valence-electron chi connectivity index (χ2n) is 13.9. The summed E-state index contributed by atoms with van der Waals surface area (Å²) < 4.78 is 9.96. The Balaban J connectivity index is 0.000000183. The molecule has 340 valence electrons. The lowest BCUT2D eigenvalue weighted by atomic mass is 10.1. The molecule has 0 aliphatic heterocycles. The fourth-order valence-electron chi connectivity index (χ4n) is 6.58. The molecular weight excluding hydrogens is 954 g/mol. The van der Waals surface area contributed by atoms with E-state index in [2.05, 4.69) is 15.3 Å². The van der Waals surface area contributed by atoms with Gasteiger partial charge in [-0.05, 0) is 98.8 Å². The molecule has 0 spiro atoms. The summed E-state index contributed by atoms with van der Waals surface area (Å²) in [6.45, 7) is 3.88. The average molecular weight is 995 g/mol. The number of aromatic nitrogens is 2. The molecule has 0 aliphatic rings. The Morgan fingerprint density at radius 1 is 0.582 bits per heavy atom. The number of anilines is 6. The minimum absolute atomic E-state index is 0.0314. The van der Waals surface area contributed by atoms with Crippen LogP contribution < -0.4 is 20.9 Å². The number of halogens is 5. The number of para-hydroxylation sites is 4. The predicted octanol–water partition coefficient (Wildman–Crippen LogP) is 14.9. The second-order valence-corrected chi connectivity index (χ2v) is 15.8. The van der Waals surface area contributed by atoms with Gasteiger partial charge in [0.25, 0.3) is 0 Å².